The first kappa shape index (κ1) is 15.0. The maximum Gasteiger partial charge on any atom is 0.389 e. The predicted molar refractivity (Wildman–Crippen MR) is 68.3 cm³/mol. The molecule has 0 spiro atoms. The molecule has 0 aromatic carbocycles. The number of hydrogen-bond acceptors (Lipinski definition) is 2. The normalized spacial score (nSPS) is 13.9. The van der Waals surface area contributed by atoms with Gasteiger partial charge in [-0.25, -0.2) is 0 Å². The summed E-state index contributed by atoms with van der Waals surface area (Å²) in [4.78, 5) is 1.18. The molecule has 1 aromatic rings. The smallest absolute Gasteiger partial charge is 0.309 e. The van der Waals surface area contributed by atoms with E-state index in [0.29, 0.717) is 13.0 Å². The molecule has 0 fully saturated rings. The second-order valence-corrected chi connectivity index (χ2v) is 5.68. The maximum atomic E-state index is 11.9. The van der Waals surface area contributed by atoms with Crippen LogP contribution in [0.2, 0.25) is 0 Å². The molecule has 0 saturated heterocycles. The van der Waals surface area contributed by atoms with Crippen molar-refractivity contribution in [2.75, 3.05) is 6.54 Å². The van der Waals surface area contributed by atoms with Crippen molar-refractivity contribution in [3.8, 4) is 0 Å². The van der Waals surface area contributed by atoms with Crippen LogP contribution in [-0.4, -0.2) is 12.7 Å². The second kappa shape index (κ2) is 6.75. The van der Waals surface area contributed by atoms with Crippen LogP contribution in [0.5, 0.6) is 0 Å². The van der Waals surface area contributed by atoms with Gasteiger partial charge in [-0.3, -0.25) is 0 Å². The number of hydrogen-bond donors (Lipinski definition) is 1. The maximum absolute atomic E-state index is 11.9. The summed E-state index contributed by atoms with van der Waals surface area (Å²) in [5, 5.41) is 5.21. The van der Waals surface area contributed by atoms with Crippen LogP contribution < -0.4 is 5.32 Å². The van der Waals surface area contributed by atoms with Gasteiger partial charge >= 0.3 is 6.18 Å². The molecule has 0 amide bonds. The van der Waals surface area contributed by atoms with Crippen molar-refractivity contribution in [2.45, 2.75) is 38.4 Å². The summed E-state index contributed by atoms with van der Waals surface area (Å²) in [6.45, 7) is 2.63. The van der Waals surface area contributed by atoms with E-state index in [1.165, 1.54) is 4.88 Å². The van der Waals surface area contributed by atoms with Gasteiger partial charge in [0.25, 0.3) is 0 Å². The Labute approximate surface area is 112 Å². The summed E-state index contributed by atoms with van der Waals surface area (Å²) < 4.78 is 36.7. The average molecular weight is 330 g/mol. The molecule has 0 radical (unpaired) electrons. The zero-order valence-corrected chi connectivity index (χ0v) is 11.9. The van der Waals surface area contributed by atoms with Crippen LogP contribution in [0, 0.1) is 0 Å². The Morgan fingerprint density at radius 3 is 2.65 bits per heavy atom. The van der Waals surface area contributed by atoms with Crippen molar-refractivity contribution in [1.82, 2.24) is 5.32 Å². The van der Waals surface area contributed by atoms with Gasteiger partial charge in [0.05, 0.1) is 0 Å². The zero-order valence-electron chi connectivity index (χ0n) is 9.48. The van der Waals surface area contributed by atoms with Crippen LogP contribution in [0.1, 0.15) is 37.1 Å². The fourth-order valence-electron chi connectivity index (χ4n) is 1.48. The van der Waals surface area contributed by atoms with Crippen molar-refractivity contribution >= 4 is 27.3 Å². The topological polar surface area (TPSA) is 12.0 Å². The molecule has 1 N–H and O–H groups in total. The van der Waals surface area contributed by atoms with Gasteiger partial charge in [0.1, 0.15) is 0 Å². The summed E-state index contributed by atoms with van der Waals surface area (Å²) in [6, 6.07) is 2.15. The molecule has 17 heavy (non-hydrogen) atoms. The lowest BCUT2D eigenvalue weighted by Crippen LogP contribution is -2.19. The van der Waals surface area contributed by atoms with Gasteiger partial charge in [-0.1, -0.05) is 0 Å². The molecule has 0 saturated carbocycles. The minimum atomic E-state index is -4.03. The molecule has 1 unspecified atom stereocenters. The predicted octanol–water partition coefficient (Wildman–Crippen LogP) is 4.89. The highest BCUT2D eigenvalue weighted by Gasteiger charge is 2.25. The average Bonchev–Trinajstić information content (AvgIpc) is 2.62. The Balaban J connectivity index is 2.17. The number of nitrogens with one attached hydrogen (secondary N) is 1. The number of thiophene rings is 1. The molecular formula is C11H15BrF3NS. The first-order valence-electron chi connectivity index (χ1n) is 5.43. The Morgan fingerprint density at radius 1 is 1.41 bits per heavy atom. The minimum absolute atomic E-state index is 0.176. The third-order valence-corrected chi connectivity index (χ3v) is 4.43. The molecule has 1 rings (SSSR count). The van der Waals surface area contributed by atoms with E-state index in [2.05, 4.69) is 21.2 Å². The number of rotatable bonds is 6. The van der Waals surface area contributed by atoms with E-state index in [1.54, 1.807) is 11.3 Å². The van der Waals surface area contributed by atoms with Gasteiger partial charge in [-0.05, 0) is 53.7 Å². The van der Waals surface area contributed by atoms with E-state index in [0.717, 1.165) is 4.47 Å². The van der Waals surface area contributed by atoms with Crippen LogP contribution >= 0.6 is 27.3 Å². The Bertz CT molecular complexity index is 338. The molecule has 1 atom stereocenters. The monoisotopic (exact) mass is 329 g/mol. The van der Waals surface area contributed by atoms with Crippen LogP contribution in [-0.2, 0) is 0 Å². The van der Waals surface area contributed by atoms with Crippen molar-refractivity contribution in [3.63, 3.8) is 0 Å². The molecular weight excluding hydrogens is 315 g/mol. The first-order valence-corrected chi connectivity index (χ1v) is 7.10. The van der Waals surface area contributed by atoms with Crippen molar-refractivity contribution in [3.05, 3.63) is 20.8 Å². The third kappa shape index (κ3) is 5.88. The second-order valence-electron chi connectivity index (χ2n) is 3.88. The summed E-state index contributed by atoms with van der Waals surface area (Å²) in [7, 11) is 0. The summed E-state index contributed by atoms with van der Waals surface area (Å²) >= 11 is 5.07. The van der Waals surface area contributed by atoms with E-state index in [1.807, 2.05) is 18.4 Å². The van der Waals surface area contributed by atoms with Crippen molar-refractivity contribution in [1.29, 1.82) is 0 Å². The highest BCUT2D eigenvalue weighted by atomic mass is 79.9. The van der Waals surface area contributed by atoms with Crippen molar-refractivity contribution in [2.24, 2.45) is 0 Å². The van der Waals surface area contributed by atoms with Gasteiger partial charge in [0.15, 0.2) is 0 Å². The number of halogens is 4. The number of unbranched alkanes of at least 4 members (excludes halogenated alkanes) is 1. The first-order chi connectivity index (χ1) is 7.90. The quantitative estimate of drug-likeness (QED) is 0.732. The fourth-order valence-corrected chi connectivity index (χ4v) is 3.23. The van der Waals surface area contributed by atoms with E-state index in [4.69, 9.17) is 0 Å². The van der Waals surface area contributed by atoms with Gasteiger partial charge in [0, 0.05) is 21.8 Å². The lowest BCUT2D eigenvalue weighted by molar-refractivity contribution is -0.135. The lowest BCUT2D eigenvalue weighted by atomic mass is 10.2. The summed E-state index contributed by atoms with van der Waals surface area (Å²) in [5.41, 5.74) is 0. The Kier molecular flexibility index (Phi) is 5.95. The molecule has 1 aromatic heterocycles. The van der Waals surface area contributed by atoms with Gasteiger partial charge < -0.3 is 5.32 Å². The van der Waals surface area contributed by atoms with Crippen LogP contribution in [0.4, 0.5) is 13.2 Å². The van der Waals surface area contributed by atoms with Crippen LogP contribution in [0.25, 0.3) is 0 Å². The minimum Gasteiger partial charge on any atom is -0.309 e. The van der Waals surface area contributed by atoms with Crippen molar-refractivity contribution < 1.29 is 13.2 Å². The van der Waals surface area contributed by atoms with Crippen LogP contribution in [0.15, 0.2) is 15.9 Å². The number of alkyl halides is 3. The summed E-state index contributed by atoms with van der Waals surface area (Å²) in [5.74, 6) is 0. The van der Waals surface area contributed by atoms with E-state index in [9.17, 15) is 13.2 Å². The molecule has 0 aliphatic carbocycles. The molecule has 0 aliphatic heterocycles. The Morgan fingerprint density at radius 2 is 2.12 bits per heavy atom. The highest BCUT2D eigenvalue weighted by Crippen LogP contribution is 2.28. The van der Waals surface area contributed by atoms with E-state index < -0.39 is 12.6 Å². The SMILES string of the molecule is CC(NCCCCC(F)(F)F)c1sccc1Br. The molecule has 0 aliphatic rings. The van der Waals surface area contributed by atoms with Gasteiger partial charge in [-0.15, -0.1) is 11.3 Å². The highest BCUT2D eigenvalue weighted by molar-refractivity contribution is 9.10. The van der Waals surface area contributed by atoms with Gasteiger partial charge in [-0.2, -0.15) is 13.2 Å². The zero-order chi connectivity index (χ0) is 12.9. The fraction of sp³-hybridized carbons (Fsp3) is 0.636. The molecule has 1 heterocycles. The molecule has 0 bridgehead atoms. The third-order valence-electron chi connectivity index (χ3n) is 2.38. The lowest BCUT2D eigenvalue weighted by Gasteiger charge is -2.13. The Hall–Kier alpha value is -0.0700. The molecule has 98 valence electrons. The largest absolute Gasteiger partial charge is 0.389 e. The van der Waals surface area contributed by atoms with Gasteiger partial charge in [0.2, 0.25) is 0 Å². The van der Waals surface area contributed by atoms with Crippen LogP contribution in [0.3, 0.4) is 0 Å². The molecule has 6 heteroatoms. The standard InChI is InChI=1S/C11H15BrF3NS/c1-8(10-9(12)4-7-17-10)16-6-3-2-5-11(13,14)15/h4,7-8,16H,2-3,5-6H2,1H3. The summed E-state index contributed by atoms with van der Waals surface area (Å²) in [6.07, 6.45) is -3.98. The molecule has 1 nitrogen and oxygen atoms in total. The van der Waals surface area contributed by atoms with E-state index >= 15 is 0 Å². The van der Waals surface area contributed by atoms with E-state index in [-0.39, 0.29) is 12.5 Å².